The van der Waals surface area contributed by atoms with Crippen LogP contribution in [0.4, 0.5) is 0 Å². The molecule has 3 heteroatoms. The van der Waals surface area contributed by atoms with Crippen LogP contribution in [0.5, 0.6) is 0 Å². The minimum atomic E-state index is -1.85. The van der Waals surface area contributed by atoms with Crippen molar-refractivity contribution >= 4 is 22.3 Å². The van der Waals surface area contributed by atoms with Gasteiger partial charge in [0.05, 0.1) is 0 Å². The van der Waals surface area contributed by atoms with E-state index in [4.69, 9.17) is 0 Å². The van der Waals surface area contributed by atoms with E-state index in [9.17, 15) is 0 Å². The summed E-state index contributed by atoms with van der Waals surface area (Å²) in [5, 5.41) is 4.53. The van der Waals surface area contributed by atoms with Crippen molar-refractivity contribution in [2.24, 2.45) is 5.92 Å². The zero-order valence-corrected chi connectivity index (χ0v) is 21.5. The van der Waals surface area contributed by atoms with Crippen LogP contribution in [0.1, 0.15) is 48.0 Å². The first kappa shape index (κ1) is 19.6. The van der Waals surface area contributed by atoms with Gasteiger partial charge in [-0.3, -0.25) is 0 Å². The molecule has 4 rings (SSSR count). The Labute approximate surface area is 175 Å². The second-order valence-corrected chi connectivity index (χ2v) is 26.4. The summed E-state index contributed by atoms with van der Waals surface area (Å²) in [7, 11) is 0. The summed E-state index contributed by atoms with van der Waals surface area (Å²) >= 11 is -0.0431. The molecule has 0 fully saturated rings. The maximum atomic E-state index is 2.68. The molecule has 0 saturated heterocycles. The van der Waals surface area contributed by atoms with Crippen molar-refractivity contribution < 1.29 is 20.4 Å². The zero-order chi connectivity index (χ0) is 19.3. The van der Waals surface area contributed by atoms with E-state index in [1.807, 2.05) is 14.6 Å². The summed E-state index contributed by atoms with van der Waals surface area (Å²) in [6.07, 6.45) is 2.68. The molecular weight excluding hydrogens is 440 g/mol. The van der Waals surface area contributed by atoms with Crippen LogP contribution in [0.2, 0.25) is 13.1 Å². The van der Waals surface area contributed by atoms with Gasteiger partial charge in [-0.05, 0) is 0 Å². The predicted octanol–water partition coefficient (Wildman–Crippen LogP) is 7.36. The Bertz CT molecular complexity index is 1030. The van der Waals surface area contributed by atoms with Crippen LogP contribution in [0, 0.1) is 5.92 Å². The molecule has 0 bridgehead atoms. The molecule has 2 atom stereocenters. The van der Waals surface area contributed by atoms with E-state index < -0.39 is 20.4 Å². The van der Waals surface area contributed by atoms with Crippen LogP contribution in [0.15, 0.2) is 67.2 Å². The Morgan fingerprint density at radius 1 is 1.00 bits per heavy atom. The van der Waals surface area contributed by atoms with E-state index >= 15 is 0 Å². The second kappa shape index (κ2) is 7.58. The van der Waals surface area contributed by atoms with E-state index in [1.54, 1.807) is 22.3 Å². The fourth-order valence-electron chi connectivity index (χ4n) is 4.81. The zero-order valence-electron chi connectivity index (χ0n) is 17.2. The Morgan fingerprint density at radius 2 is 1.74 bits per heavy atom. The van der Waals surface area contributed by atoms with Crippen LogP contribution in [-0.2, 0) is 20.4 Å². The van der Waals surface area contributed by atoms with E-state index in [-0.39, 0.29) is 5.43 Å². The summed E-state index contributed by atoms with van der Waals surface area (Å²) < 4.78 is 2.61. The van der Waals surface area contributed by atoms with Gasteiger partial charge in [-0.25, -0.2) is 0 Å². The first-order valence-electron chi connectivity index (χ1n) is 9.81. The molecule has 0 amide bonds. The van der Waals surface area contributed by atoms with Gasteiger partial charge < -0.3 is 0 Å². The molecule has 138 valence electrons. The Kier molecular flexibility index (Phi) is 5.49. The van der Waals surface area contributed by atoms with Crippen LogP contribution < -0.4 is 0 Å². The summed E-state index contributed by atoms with van der Waals surface area (Å²) in [5.74, 6) is 0.671. The quantitative estimate of drug-likeness (QED) is 0.413. The Morgan fingerprint density at radius 3 is 2.33 bits per heavy atom. The van der Waals surface area contributed by atoms with Crippen molar-refractivity contribution in [3.05, 3.63) is 83.9 Å². The Balaban J connectivity index is 1.90. The van der Waals surface area contributed by atoms with Crippen LogP contribution >= 0.6 is 11.3 Å². The fraction of sp³-hybridized carbons (Fsp3) is 0.333. The number of thiophene rings is 1. The van der Waals surface area contributed by atoms with Gasteiger partial charge in [0, 0.05) is 0 Å². The van der Waals surface area contributed by atoms with Crippen LogP contribution in [0.3, 0.4) is 0 Å². The van der Waals surface area contributed by atoms with Crippen molar-refractivity contribution in [2.45, 2.75) is 44.4 Å². The molecule has 2 aliphatic rings. The maximum absolute atomic E-state index is 2.68. The molecule has 0 radical (unpaired) electrons. The first-order chi connectivity index (χ1) is 12.9. The van der Waals surface area contributed by atoms with Gasteiger partial charge >= 0.3 is 177 Å². The summed E-state index contributed by atoms with van der Waals surface area (Å²) in [6, 6.07) is 11.5. The van der Waals surface area contributed by atoms with Crippen LogP contribution in [0.25, 0.3) is 5.57 Å². The third-order valence-corrected chi connectivity index (χ3v) is 25.8. The predicted molar refractivity (Wildman–Crippen MR) is 118 cm³/mol. The molecule has 0 aliphatic heterocycles. The van der Waals surface area contributed by atoms with Crippen molar-refractivity contribution in [3.8, 4) is 0 Å². The normalized spacial score (nSPS) is 21.6. The van der Waals surface area contributed by atoms with E-state index in [0.717, 1.165) is 0 Å². The number of fused-ring (bicyclic) bond motifs is 1. The van der Waals surface area contributed by atoms with Gasteiger partial charge in [-0.1, -0.05) is 0 Å². The number of benzene rings is 1. The molecule has 0 saturated carbocycles. The second-order valence-electron chi connectivity index (χ2n) is 8.14. The van der Waals surface area contributed by atoms with E-state index in [1.165, 1.54) is 16.7 Å². The third kappa shape index (κ3) is 3.20. The van der Waals surface area contributed by atoms with Gasteiger partial charge in [-0.2, -0.15) is 0 Å². The van der Waals surface area contributed by atoms with E-state index in [2.05, 4.69) is 88.0 Å². The van der Waals surface area contributed by atoms with Gasteiger partial charge in [0.25, 0.3) is 0 Å². The molecule has 2 aliphatic carbocycles. The van der Waals surface area contributed by atoms with Crippen molar-refractivity contribution in [2.75, 3.05) is 0 Å². The molecule has 0 N–H and O–H groups in total. The third-order valence-electron chi connectivity index (χ3n) is 6.53. The molecular formula is C24H28SSiZr. The van der Waals surface area contributed by atoms with E-state index in [0.29, 0.717) is 9.54 Å². The molecule has 1 heterocycles. The molecule has 2 aromatic rings. The van der Waals surface area contributed by atoms with Gasteiger partial charge in [0.1, 0.15) is 0 Å². The number of allylic oxidation sites excluding steroid dienone is 5. The molecule has 2 unspecified atom stereocenters. The fourth-order valence-corrected chi connectivity index (χ4v) is 25.2. The summed E-state index contributed by atoms with van der Waals surface area (Å²) in [4.78, 5) is 0. The van der Waals surface area contributed by atoms with Crippen molar-refractivity contribution in [3.63, 3.8) is 0 Å². The first-order valence-corrected chi connectivity index (χ1v) is 19.6. The van der Waals surface area contributed by atoms with Crippen molar-refractivity contribution in [1.82, 2.24) is 0 Å². The molecule has 0 spiro atoms. The molecule has 0 nitrogen and oxygen atoms in total. The van der Waals surface area contributed by atoms with Crippen molar-refractivity contribution in [1.29, 1.82) is 0 Å². The summed E-state index contributed by atoms with van der Waals surface area (Å²) in [6.45, 7) is 14.8. The summed E-state index contributed by atoms with van der Waals surface area (Å²) in [5.41, 5.74) is 10.5. The number of rotatable bonds is 3. The molecule has 27 heavy (non-hydrogen) atoms. The molecule has 1 aromatic carbocycles. The van der Waals surface area contributed by atoms with Gasteiger partial charge in [-0.15, -0.1) is 0 Å². The Hall–Kier alpha value is -0.760. The molecule has 1 aromatic heterocycles. The minimum absolute atomic E-state index is 0.313. The van der Waals surface area contributed by atoms with Crippen LogP contribution in [-0.4, -0.2) is 5.43 Å². The van der Waals surface area contributed by atoms with Gasteiger partial charge in [0.15, 0.2) is 0 Å². The monoisotopic (exact) mass is 466 g/mol. The SMILES string of the molecule is CC1=C(C)C(C)[C]([Zr]([CH]2C=C(c3ccsc3)c3ccccc32)=[Si](C)C)=C1C. The average molecular weight is 468 g/mol. The van der Waals surface area contributed by atoms with Gasteiger partial charge in [0.2, 0.25) is 0 Å². The average Bonchev–Trinajstić information content (AvgIpc) is 3.34. The number of hydrogen-bond donors (Lipinski definition) is 0. The topological polar surface area (TPSA) is 0 Å². The number of hydrogen-bond acceptors (Lipinski definition) is 1. The standard InChI is InChI=1S/C13H9S.C9H13.C2H6Si.Zr/c1-2-4-12-10(3-1)5-6-13(12)11-7-8-14-9-11;1-6-5-7(2)9(4)8(6)3;1-3-2;/h1-9H;6H,1-4H3;1-2H3;.